The second-order valence-electron chi connectivity index (χ2n) is 5.81. The maximum atomic E-state index is 5.60. The summed E-state index contributed by atoms with van der Waals surface area (Å²) in [5, 5.41) is 17.6. The van der Waals surface area contributed by atoms with Gasteiger partial charge in [0.05, 0.1) is 12.9 Å². The Morgan fingerprint density at radius 2 is 1.71 bits per heavy atom. The highest BCUT2D eigenvalue weighted by atomic mass is 32.2. The summed E-state index contributed by atoms with van der Waals surface area (Å²) in [7, 11) is 1.65. The number of pyridine rings is 1. The van der Waals surface area contributed by atoms with Gasteiger partial charge in [-0.1, -0.05) is 18.7 Å². The van der Waals surface area contributed by atoms with Crippen LogP contribution in [0.1, 0.15) is 18.7 Å². The van der Waals surface area contributed by atoms with Crippen molar-refractivity contribution >= 4 is 11.8 Å². The summed E-state index contributed by atoms with van der Waals surface area (Å²) < 4.78 is 12.9. The van der Waals surface area contributed by atoms with Crippen LogP contribution in [-0.4, -0.2) is 37.1 Å². The third-order valence-corrected chi connectivity index (χ3v) is 4.95. The van der Waals surface area contributed by atoms with Gasteiger partial charge in [0.1, 0.15) is 5.75 Å². The summed E-state index contributed by atoms with van der Waals surface area (Å²) in [5.74, 6) is 3.23. The molecule has 0 spiro atoms. The first-order valence-electron chi connectivity index (χ1n) is 8.72. The molecule has 0 bridgehead atoms. The van der Waals surface area contributed by atoms with Gasteiger partial charge in [0, 0.05) is 30.1 Å². The van der Waals surface area contributed by atoms with Crippen LogP contribution in [0.5, 0.6) is 5.75 Å². The van der Waals surface area contributed by atoms with Gasteiger partial charge < -0.3 is 9.15 Å². The fourth-order valence-electron chi connectivity index (χ4n) is 2.63. The Labute approximate surface area is 166 Å². The number of aryl methyl sites for hydroxylation is 1. The van der Waals surface area contributed by atoms with Crippen LogP contribution in [0.15, 0.2) is 58.4 Å². The molecule has 0 amide bonds. The van der Waals surface area contributed by atoms with Crippen LogP contribution in [-0.2, 0) is 12.2 Å². The zero-order chi connectivity index (χ0) is 19.3. The Kier molecular flexibility index (Phi) is 5.34. The number of benzene rings is 1. The molecule has 0 fully saturated rings. The van der Waals surface area contributed by atoms with Crippen molar-refractivity contribution in [2.75, 3.05) is 7.11 Å². The second-order valence-corrected chi connectivity index (χ2v) is 6.75. The lowest BCUT2D eigenvalue weighted by Gasteiger charge is -2.10. The van der Waals surface area contributed by atoms with Gasteiger partial charge in [0.15, 0.2) is 11.0 Å². The zero-order valence-corrected chi connectivity index (χ0v) is 16.3. The van der Waals surface area contributed by atoms with E-state index in [0.29, 0.717) is 24.0 Å². The highest BCUT2D eigenvalue weighted by Gasteiger charge is 2.17. The molecule has 0 saturated heterocycles. The summed E-state index contributed by atoms with van der Waals surface area (Å²) in [6.07, 6.45) is 4.19. The lowest BCUT2D eigenvalue weighted by atomic mass is 10.2. The van der Waals surface area contributed by atoms with Gasteiger partial charge in [-0.15, -0.1) is 20.4 Å². The van der Waals surface area contributed by atoms with Crippen molar-refractivity contribution in [3.05, 3.63) is 60.6 Å². The minimum Gasteiger partial charge on any atom is -0.497 e. The average molecular weight is 394 g/mol. The van der Waals surface area contributed by atoms with Crippen molar-refractivity contribution in [1.82, 2.24) is 29.9 Å². The molecule has 8 nitrogen and oxygen atoms in total. The average Bonchev–Trinajstić information content (AvgIpc) is 3.39. The van der Waals surface area contributed by atoms with Gasteiger partial charge in [-0.25, -0.2) is 0 Å². The standard InChI is InChI=1S/C19H18N6O2S/c1-3-16-21-22-17(27-16)12-28-19-24-23-18(13-8-10-20-11-9-13)25(19)14-4-6-15(26-2)7-5-14/h4-11H,3,12H2,1-2H3. The molecule has 3 heterocycles. The van der Waals surface area contributed by atoms with Crippen LogP contribution in [0, 0.1) is 0 Å². The topological polar surface area (TPSA) is 91.8 Å². The van der Waals surface area contributed by atoms with Crippen LogP contribution in [0.4, 0.5) is 0 Å². The molecule has 0 radical (unpaired) electrons. The number of rotatable bonds is 7. The molecule has 0 atom stereocenters. The van der Waals surface area contributed by atoms with Crippen LogP contribution >= 0.6 is 11.8 Å². The molecule has 0 unspecified atom stereocenters. The molecule has 0 saturated carbocycles. The van der Waals surface area contributed by atoms with Gasteiger partial charge in [-0.2, -0.15) is 0 Å². The number of hydrogen-bond donors (Lipinski definition) is 0. The lowest BCUT2D eigenvalue weighted by molar-refractivity contribution is 0.414. The van der Waals surface area contributed by atoms with Crippen LogP contribution in [0.2, 0.25) is 0 Å². The van der Waals surface area contributed by atoms with Gasteiger partial charge in [0.25, 0.3) is 0 Å². The number of ether oxygens (including phenoxy) is 1. The smallest absolute Gasteiger partial charge is 0.226 e. The monoisotopic (exact) mass is 394 g/mol. The van der Waals surface area contributed by atoms with Gasteiger partial charge in [-0.3, -0.25) is 9.55 Å². The first kappa shape index (κ1) is 18.2. The first-order valence-corrected chi connectivity index (χ1v) is 9.71. The van der Waals surface area contributed by atoms with Crippen molar-refractivity contribution in [1.29, 1.82) is 0 Å². The minimum absolute atomic E-state index is 0.512. The van der Waals surface area contributed by atoms with E-state index in [1.165, 1.54) is 11.8 Å². The third kappa shape index (κ3) is 3.74. The summed E-state index contributed by atoms with van der Waals surface area (Å²) in [6, 6.07) is 11.6. The molecule has 9 heteroatoms. The number of aromatic nitrogens is 6. The molecule has 0 aliphatic carbocycles. The van der Waals surface area contributed by atoms with Crippen molar-refractivity contribution in [3.8, 4) is 22.8 Å². The molecular weight excluding hydrogens is 376 g/mol. The molecule has 3 aromatic heterocycles. The van der Waals surface area contributed by atoms with Crippen molar-refractivity contribution in [3.63, 3.8) is 0 Å². The van der Waals surface area contributed by atoms with Crippen LogP contribution < -0.4 is 4.74 Å². The minimum atomic E-state index is 0.512. The highest BCUT2D eigenvalue weighted by Crippen LogP contribution is 2.30. The van der Waals surface area contributed by atoms with Crippen molar-refractivity contribution in [2.24, 2.45) is 0 Å². The van der Waals surface area contributed by atoms with E-state index in [-0.39, 0.29) is 0 Å². The van der Waals surface area contributed by atoms with Crippen LogP contribution in [0.3, 0.4) is 0 Å². The van der Waals surface area contributed by atoms with E-state index in [1.54, 1.807) is 19.5 Å². The summed E-state index contributed by atoms with van der Waals surface area (Å²) in [6.45, 7) is 1.98. The maximum absolute atomic E-state index is 5.60. The largest absolute Gasteiger partial charge is 0.497 e. The van der Waals surface area contributed by atoms with E-state index >= 15 is 0 Å². The molecule has 28 heavy (non-hydrogen) atoms. The Bertz CT molecular complexity index is 1050. The first-order chi connectivity index (χ1) is 13.8. The van der Waals surface area contributed by atoms with Crippen molar-refractivity contribution in [2.45, 2.75) is 24.3 Å². The van der Waals surface area contributed by atoms with Crippen molar-refractivity contribution < 1.29 is 9.15 Å². The quantitative estimate of drug-likeness (QED) is 0.439. The summed E-state index contributed by atoms with van der Waals surface area (Å²) >= 11 is 1.49. The maximum Gasteiger partial charge on any atom is 0.226 e. The second kappa shape index (κ2) is 8.22. The molecule has 0 N–H and O–H groups in total. The Hall–Kier alpha value is -3.20. The lowest BCUT2D eigenvalue weighted by Crippen LogP contribution is -2.00. The van der Waals surface area contributed by atoms with E-state index in [1.807, 2.05) is 47.9 Å². The number of thioether (sulfide) groups is 1. The SMILES string of the molecule is CCc1nnc(CSc2nnc(-c3ccncc3)n2-c2ccc(OC)cc2)o1. The van der Waals surface area contributed by atoms with Gasteiger partial charge in [0.2, 0.25) is 11.8 Å². The molecule has 4 rings (SSSR count). The van der Waals surface area contributed by atoms with Gasteiger partial charge >= 0.3 is 0 Å². The molecule has 4 aromatic rings. The van der Waals surface area contributed by atoms with E-state index in [2.05, 4.69) is 25.4 Å². The van der Waals surface area contributed by atoms with E-state index < -0.39 is 0 Å². The van der Waals surface area contributed by atoms with E-state index in [9.17, 15) is 0 Å². The number of hydrogen-bond acceptors (Lipinski definition) is 8. The summed E-state index contributed by atoms with van der Waals surface area (Å²) in [4.78, 5) is 4.08. The van der Waals surface area contributed by atoms with Crippen LogP contribution in [0.25, 0.3) is 17.1 Å². The number of nitrogens with zero attached hydrogens (tertiary/aromatic N) is 6. The molecule has 1 aromatic carbocycles. The highest BCUT2D eigenvalue weighted by molar-refractivity contribution is 7.98. The zero-order valence-electron chi connectivity index (χ0n) is 15.4. The Balaban J connectivity index is 1.70. The van der Waals surface area contributed by atoms with E-state index in [4.69, 9.17) is 9.15 Å². The number of methoxy groups -OCH3 is 1. The van der Waals surface area contributed by atoms with E-state index in [0.717, 1.165) is 28.0 Å². The predicted octanol–water partition coefficient (Wildman–Crippen LogP) is 3.58. The molecular formula is C19H18N6O2S. The fourth-order valence-corrected chi connectivity index (χ4v) is 3.42. The Morgan fingerprint density at radius 3 is 2.39 bits per heavy atom. The predicted molar refractivity (Wildman–Crippen MR) is 104 cm³/mol. The molecule has 142 valence electrons. The molecule has 0 aliphatic heterocycles. The normalized spacial score (nSPS) is 10.9. The third-order valence-electron chi connectivity index (χ3n) is 4.04. The van der Waals surface area contributed by atoms with Gasteiger partial charge in [-0.05, 0) is 36.4 Å². The fraction of sp³-hybridized carbons (Fsp3) is 0.211. The molecule has 0 aliphatic rings. The summed E-state index contributed by atoms with van der Waals surface area (Å²) in [5.41, 5.74) is 1.86. The Morgan fingerprint density at radius 1 is 0.964 bits per heavy atom.